The van der Waals surface area contributed by atoms with Gasteiger partial charge in [0, 0.05) is 28.4 Å². The van der Waals surface area contributed by atoms with Crippen LogP contribution >= 0.6 is 11.3 Å². The molecule has 4 aromatic rings. The maximum atomic E-state index is 14.1. The van der Waals surface area contributed by atoms with Gasteiger partial charge < -0.3 is 25.6 Å². The molecule has 0 aliphatic heterocycles. The van der Waals surface area contributed by atoms with Crippen LogP contribution in [0, 0.1) is 5.82 Å². The van der Waals surface area contributed by atoms with Crippen molar-refractivity contribution in [2.45, 2.75) is 6.10 Å². The Bertz CT molecular complexity index is 1390. The number of nitrogens with zero attached hydrogens (tertiary/aromatic N) is 1. The average molecular weight is 496 g/mol. The minimum absolute atomic E-state index is 0.0868. The Labute approximate surface area is 204 Å². The molecule has 180 valence electrons. The van der Waals surface area contributed by atoms with Gasteiger partial charge in [0.2, 0.25) is 0 Å². The van der Waals surface area contributed by atoms with Gasteiger partial charge in [-0.15, -0.1) is 11.3 Å². The largest absolute Gasteiger partial charge is 0.493 e. The van der Waals surface area contributed by atoms with Crippen molar-refractivity contribution in [3.05, 3.63) is 77.1 Å². The van der Waals surface area contributed by atoms with Crippen LogP contribution in [0.25, 0.3) is 21.3 Å². The van der Waals surface area contributed by atoms with Crippen LogP contribution in [0.5, 0.6) is 11.5 Å². The molecule has 4 rings (SSSR count). The Kier molecular flexibility index (Phi) is 7.23. The zero-order valence-corrected chi connectivity index (χ0v) is 19.5. The molecule has 10 heteroatoms. The van der Waals surface area contributed by atoms with E-state index < -0.39 is 17.9 Å². The van der Waals surface area contributed by atoms with E-state index >= 15 is 0 Å². The number of thiophene rings is 1. The van der Waals surface area contributed by atoms with Crippen molar-refractivity contribution in [3.8, 4) is 22.8 Å². The van der Waals surface area contributed by atoms with Crippen molar-refractivity contribution in [1.29, 1.82) is 0 Å². The fraction of sp³-hybridized carbons (Fsp3) is 0.160. The highest BCUT2D eigenvalue weighted by Crippen LogP contribution is 2.35. The third kappa shape index (κ3) is 5.39. The number of fused-ring (bicyclic) bond motifs is 1. The number of pyridine rings is 1. The van der Waals surface area contributed by atoms with Gasteiger partial charge in [0.15, 0.2) is 18.1 Å². The fourth-order valence-corrected chi connectivity index (χ4v) is 4.45. The molecule has 4 N–H and O–H groups in total. The van der Waals surface area contributed by atoms with E-state index in [9.17, 15) is 19.1 Å². The van der Waals surface area contributed by atoms with Crippen molar-refractivity contribution in [2.75, 3.05) is 20.3 Å². The number of ether oxygens (including phenoxy) is 2. The molecular weight excluding hydrogens is 473 g/mol. The summed E-state index contributed by atoms with van der Waals surface area (Å²) in [6.45, 7) is -0.410. The van der Waals surface area contributed by atoms with Crippen LogP contribution in [-0.4, -0.2) is 42.2 Å². The smallest absolute Gasteiger partial charge is 0.255 e. The predicted molar refractivity (Wildman–Crippen MR) is 130 cm³/mol. The van der Waals surface area contributed by atoms with Crippen molar-refractivity contribution in [3.63, 3.8) is 0 Å². The first-order chi connectivity index (χ1) is 16.9. The van der Waals surface area contributed by atoms with Crippen LogP contribution in [0.4, 0.5) is 4.39 Å². The highest BCUT2D eigenvalue weighted by atomic mass is 32.1. The van der Waals surface area contributed by atoms with Gasteiger partial charge in [-0.1, -0.05) is 18.2 Å². The second kappa shape index (κ2) is 10.5. The summed E-state index contributed by atoms with van der Waals surface area (Å²) in [6, 6.07) is 14.5. The number of amides is 2. The Morgan fingerprint density at radius 2 is 1.97 bits per heavy atom. The third-order valence-electron chi connectivity index (χ3n) is 5.19. The lowest BCUT2D eigenvalue weighted by atomic mass is 10.1. The molecule has 0 aliphatic carbocycles. The second-order valence-electron chi connectivity index (χ2n) is 7.56. The molecule has 2 aromatic heterocycles. The van der Waals surface area contributed by atoms with E-state index in [1.807, 2.05) is 11.4 Å². The van der Waals surface area contributed by atoms with Crippen LogP contribution in [0.1, 0.15) is 22.2 Å². The molecule has 0 radical (unpaired) electrons. The summed E-state index contributed by atoms with van der Waals surface area (Å²) in [6.07, 6.45) is -1.07. The van der Waals surface area contributed by atoms with Gasteiger partial charge in [-0.05, 0) is 36.4 Å². The number of nitrogens with one attached hydrogen (secondary N) is 1. The number of carbonyl (C=O) groups excluding carboxylic acids is 2. The maximum absolute atomic E-state index is 14.1. The highest BCUT2D eigenvalue weighted by Gasteiger charge is 2.17. The van der Waals surface area contributed by atoms with E-state index in [2.05, 4.69) is 10.3 Å². The summed E-state index contributed by atoms with van der Waals surface area (Å²) in [5.41, 5.74) is 7.09. The highest BCUT2D eigenvalue weighted by molar-refractivity contribution is 7.17. The van der Waals surface area contributed by atoms with E-state index in [4.69, 9.17) is 15.2 Å². The summed E-state index contributed by atoms with van der Waals surface area (Å²) in [7, 11) is 1.40. The molecule has 0 bridgehead atoms. The number of methoxy groups -OCH3 is 1. The van der Waals surface area contributed by atoms with Crippen LogP contribution < -0.4 is 20.5 Å². The van der Waals surface area contributed by atoms with Crippen molar-refractivity contribution in [2.24, 2.45) is 5.73 Å². The predicted octanol–water partition coefficient (Wildman–Crippen LogP) is 3.44. The van der Waals surface area contributed by atoms with E-state index in [1.54, 1.807) is 24.3 Å². The number of rotatable bonds is 9. The fourth-order valence-electron chi connectivity index (χ4n) is 3.48. The molecule has 8 nitrogen and oxygen atoms in total. The first kappa shape index (κ1) is 24.1. The van der Waals surface area contributed by atoms with Crippen LogP contribution in [0.15, 0.2) is 60.0 Å². The van der Waals surface area contributed by atoms with Gasteiger partial charge >= 0.3 is 0 Å². The molecule has 2 aromatic carbocycles. The monoisotopic (exact) mass is 495 g/mol. The van der Waals surface area contributed by atoms with Crippen LogP contribution in [-0.2, 0) is 4.79 Å². The van der Waals surface area contributed by atoms with Gasteiger partial charge in [-0.25, -0.2) is 9.37 Å². The zero-order chi connectivity index (χ0) is 24.9. The van der Waals surface area contributed by atoms with E-state index in [0.717, 1.165) is 10.9 Å². The minimum atomic E-state index is -1.07. The van der Waals surface area contributed by atoms with Crippen LogP contribution in [0.3, 0.4) is 0 Å². The summed E-state index contributed by atoms with van der Waals surface area (Å²) < 4.78 is 25.1. The van der Waals surface area contributed by atoms with Crippen molar-refractivity contribution >= 4 is 33.2 Å². The number of hydrogen-bond donors (Lipinski definition) is 3. The maximum Gasteiger partial charge on any atom is 0.255 e. The number of aliphatic hydroxyl groups is 1. The molecule has 2 heterocycles. The number of benzene rings is 2. The molecule has 2 amide bonds. The first-order valence-corrected chi connectivity index (χ1v) is 11.4. The molecule has 0 aliphatic rings. The number of halogens is 1. The lowest BCUT2D eigenvalue weighted by Gasteiger charge is -2.14. The number of aliphatic hydroxyl groups excluding tert-OH is 1. The summed E-state index contributed by atoms with van der Waals surface area (Å²) in [5, 5.41) is 15.9. The number of hydrogen-bond acceptors (Lipinski definition) is 7. The SMILES string of the molecule is COc1cc(C(=O)NCC(O)c2cccc(-c3csc4c(F)cccc34)n2)ccc1OCC(N)=O. The zero-order valence-electron chi connectivity index (χ0n) is 18.7. The molecule has 1 atom stereocenters. The summed E-state index contributed by atoms with van der Waals surface area (Å²) >= 11 is 1.29. The normalized spacial score (nSPS) is 11.7. The van der Waals surface area contributed by atoms with Gasteiger partial charge in [0.25, 0.3) is 11.8 Å². The lowest BCUT2D eigenvalue weighted by Crippen LogP contribution is -2.28. The Morgan fingerprint density at radius 1 is 1.17 bits per heavy atom. The Morgan fingerprint density at radius 3 is 2.74 bits per heavy atom. The first-order valence-electron chi connectivity index (χ1n) is 10.6. The number of aromatic nitrogens is 1. The van der Waals surface area contributed by atoms with E-state index in [-0.39, 0.29) is 36.0 Å². The molecule has 0 saturated carbocycles. The van der Waals surface area contributed by atoms with Crippen LogP contribution in [0.2, 0.25) is 0 Å². The number of primary amides is 1. The second-order valence-corrected chi connectivity index (χ2v) is 8.44. The summed E-state index contributed by atoms with van der Waals surface area (Å²) in [4.78, 5) is 28.1. The lowest BCUT2D eigenvalue weighted by molar-refractivity contribution is -0.119. The number of nitrogens with two attached hydrogens (primary N) is 1. The van der Waals surface area contributed by atoms with E-state index in [1.165, 1.54) is 42.7 Å². The molecule has 1 unspecified atom stereocenters. The molecule has 35 heavy (non-hydrogen) atoms. The topological polar surface area (TPSA) is 124 Å². The quantitative estimate of drug-likeness (QED) is 0.327. The molecule has 0 saturated heterocycles. The van der Waals surface area contributed by atoms with Crippen molar-refractivity contribution in [1.82, 2.24) is 10.3 Å². The molecule has 0 fully saturated rings. The van der Waals surface area contributed by atoms with Gasteiger partial charge in [-0.2, -0.15) is 0 Å². The Hall–Kier alpha value is -4.02. The van der Waals surface area contributed by atoms with Gasteiger partial charge in [0.05, 0.1) is 23.2 Å². The van der Waals surface area contributed by atoms with E-state index in [0.29, 0.717) is 16.1 Å². The number of carbonyl (C=O) groups is 2. The summed E-state index contributed by atoms with van der Waals surface area (Å²) in [5.74, 6) is -0.848. The van der Waals surface area contributed by atoms with Gasteiger partial charge in [0.1, 0.15) is 11.9 Å². The molecular formula is C25H22FN3O5S. The molecule has 0 spiro atoms. The van der Waals surface area contributed by atoms with Crippen molar-refractivity contribution < 1.29 is 28.6 Å². The third-order valence-corrected chi connectivity index (χ3v) is 6.20. The average Bonchev–Trinajstić information content (AvgIpc) is 3.31. The standard InChI is InChI=1S/C25H22FN3O5S/c1-33-22-10-14(8-9-21(22)34-12-23(27)31)25(32)28-11-20(30)19-7-3-6-18(29-19)16-13-35-24-15(16)4-2-5-17(24)26/h2-10,13,20,30H,11-12H2,1H3,(H2,27,31)(H,28,32). The Balaban J connectivity index is 1.45. The minimum Gasteiger partial charge on any atom is -0.493 e. The van der Waals surface area contributed by atoms with Gasteiger partial charge in [-0.3, -0.25) is 9.59 Å².